The van der Waals surface area contributed by atoms with Crippen molar-refractivity contribution in [2.24, 2.45) is 0 Å². The van der Waals surface area contributed by atoms with Gasteiger partial charge in [-0.3, -0.25) is 0 Å². The van der Waals surface area contributed by atoms with Crippen LogP contribution in [0.3, 0.4) is 0 Å². The second-order valence-electron chi connectivity index (χ2n) is 7.32. The van der Waals surface area contributed by atoms with Crippen LogP contribution in [0.4, 0.5) is 5.95 Å². The number of hydrogen-bond acceptors (Lipinski definition) is 7. The Morgan fingerprint density at radius 1 is 1.27 bits per heavy atom. The fourth-order valence-corrected chi connectivity index (χ4v) is 6.11. The number of halogens is 1. The van der Waals surface area contributed by atoms with Crippen LogP contribution in [-0.2, 0) is 10.0 Å². The molecule has 1 fully saturated rings. The fraction of sp³-hybridized carbons (Fsp3) is 0.350. The normalized spacial score (nSPS) is 17.9. The number of aryl methyl sites for hydroxylation is 2. The molecule has 1 aromatic carbocycles. The Morgan fingerprint density at radius 2 is 2.07 bits per heavy atom. The largest absolute Gasteiger partial charge is 0.368 e. The molecule has 1 aliphatic rings. The third-order valence-electron chi connectivity index (χ3n) is 5.28. The summed E-state index contributed by atoms with van der Waals surface area (Å²) >= 11 is 6.18. The lowest BCUT2D eigenvalue weighted by Crippen LogP contribution is -2.39. The second kappa shape index (κ2) is 7.98. The zero-order valence-electron chi connectivity index (χ0n) is 16.7. The molecule has 0 saturated carbocycles. The second-order valence-corrected chi connectivity index (χ2v) is 9.58. The summed E-state index contributed by atoms with van der Waals surface area (Å²) in [4.78, 5) is 8.72. The summed E-state index contributed by atoms with van der Waals surface area (Å²) in [5.41, 5.74) is 8.32. The van der Waals surface area contributed by atoms with Gasteiger partial charge < -0.3 is 10.3 Å². The Morgan fingerprint density at radius 3 is 2.77 bits per heavy atom. The van der Waals surface area contributed by atoms with Crippen LogP contribution in [0.25, 0.3) is 11.1 Å². The summed E-state index contributed by atoms with van der Waals surface area (Å²) < 4.78 is 33.8. The quantitative estimate of drug-likeness (QED) is 0.644. The van der Waals surface area contributed by atoms with Gasteiger partial charge in [-0.15, -0.1) is 0 Å². The highest BCUT2D eigenvalue weighted by atomic mass is 35.5. The van der Waals surface area contributed by atoms with E-state index in [4.69, 9.17) is 21.9 Å². The lowest BCUT2D eigenvalue weighted by molar-refractivity contribution is 0.251. The number of nitrogens with zero attached hydrogens (tertiary/aromatic N) is 4. The van der Waals surface area contributed by atoms with E-state index in [1.165, 1.54) is 4.31 Å². The van der Waals surface area contributed by atoms with Gasteiger partial charge in [-0.1, -0.05) is 35.3 Å². The Labute approximate surface area is 180 Å². The first kappa shape index (κ1) is 20.8. The summed E-state index contributed by atoms with van der Waals surface area (Å²) in [6.45, 7) is 3.60. The van der Waals surface area contributed by atoms with Crippen molar-refractivity contribution >= 4 is 27.6 Å². The topological polar surface area (TPSA) is 115 Å². The van der Waals surface area contributed by atoms with Gasteiger partial charge in [0.1, 0.15) is 10.6 Å². The number of piperidine rings is 1. The number of nitrogen functional groups attached to an aromatic ring is 1. The first-order chi connectivity index (χ1) is 14.3. The van der Waals surface area contributed by atoms with Gasteiger partial charge >= 0.3 is 0 Å². The van der Waals surface area contributed by atoms with Gasteiger partial charge in [0.05, 0.1) is 11.7 Å². The maximum absolute atomic E-state index is 13.6. The van der Waals surface area contributed by atoms with Gasteiger partial charge in [-0.25, -0.2) is 18.4 Å². The van der Waals surface area contributed by atoms with Crippen molar-refractivity contribution < 1.29 is 12.9 Å². The van der Waals surface area contributed by atoms with E-state index in [1.54, 1.807) is 32.2 Å². The van der Waals surface area contributed by atoms with E-state index < -0.39 is 16.1 Å². The van der Waals surface area contributed by atoms with Crippen LogP contribution in [0, 0.1) is 13.8 Å². The minimum atomic E-state index is -3.85. The van der Waals surface area contributed by atoms with Gasteiger partial charge in [-0.2, -0.15) is 4.31 Å². The maximum atomic E-state index is 13.6. The van der Waals surface area contributed by atoms with Crippen LogP contribution >= 0.6 is 11.6 Å². The monoisotopic (exact) mass is 447 g/mol. The van der Waals surface area contributed by atoms with Crippen LogP contribution in [0.1, 0.15) is 42.5 Å². The van der Waals surface area contributed by atoms with Gasteiger partial charge in [0.15, 0.2) is 5.76 Å². The molecule has 1 atom stereocenters. The predicted molar refractivity (Wildman–Crippen MR) is 113 cm³/mol. The first-order valence-corrected chi connectivity index (χ1v) is 11.4. The number of sulfonamides is 1. The zero-order valence-corrected chi connectivity index (χ0v) is 18.2. The predicted octanol–water partition coefficient (Wildman–Crippen LogP) is 3.90. The molecule has 0 bridgehead atoms. The van der Waals surface area contributed by atoms with Crippen molar-refractivity contribution in [2.45, 2.75) is 44.0 Å². The van der Waals surface area contributed by atoms with Gasteiger partial charge in [-0.05, 0) is 44.4 Å². The molecule has 1 aliphatic heterocycles. The fourth-order valence-electron chi connectivity index (χ4n) is 3.97. The van der Waals surface area contributed by atoms with Crippen molar-refractivity contribution in [1.82, 2.24) is 19.4 Å². The SMILES string of the molecule is Cc1noc(C)c1S(=O)(=O)N1CCCC[C@H]1c1nc(N)ncc1-c1cccc(Cl)c1. The molecule has 0 radical (unpaired) electrons. The summed E-state index contributed by atoms with van der Waals surface area (Å²) in [5.74, 6) is 0.366. The van der Waals surface area contributed by atoms with Crippen LogP contribution in [0.2, 0.25) is 5.02 Å². The Hall–Kier alpha value is -2.49. The molecule has 0 spiro atoms. The molecule has 8 nitrogen and oxygen atoms in total. The van der Waals surface area contributed by atoms with E-state index in [0.29, 0.717) is 34.9 Å². The summed E-state index contributed by atoms with van der Waals surface area (Å²) in [7, 11) is -3.85. The molecule has 30 heavy (non-hydrogen) atoms. The molecule has 3 aromatic rings. The summed E-state index contributed by atoms with van der Waals surface area (Å²) in [5, 5.41) is 4.39. The molecule has 158 valence electrons. The zero-order chi connectivity index (χ0) is 21.5. The van der Waals surface area contributed by atoms with Crippen molar-refractivity contribution in [3.05, 3.63) is 52.6 Å². The van der Waals surface area contributed by atoms with E-state index in [1.807, 2.05) is 12.1 Å². The molecule has 10 heteroatoms. The highest BCUT2D eigenvalue weighted by molar-refractivity contribution is 7.89. The minimum absolute atomic E-state index is 0.0936. The smallest absolute Gasteiger partial charge is 0.249 e. The third kappa shape index (κ3) is 3.68. The molecule has 2 aromatic heterocycles. The highest BCUT2D eigenvalue weighted by Crippen LogP contribution is 2.40. The Balaban J connectivity index is 1.86. The van der Waals surface area contributed by atoms with Crippen molar-refractivity contribution in [1.29, 1.82) is 0 Å². The number of nitrogens with two attached hydrogens (primary N) is 1. The molecule has 1 saturated heterocycles. The molecule has 4 rings (SSSR count). The van der Waals surface area contributed by atoms with Crippen LogP contribution in [-0.4, -0.2) is 34.4 Å². The molecule has 0 unspecified atom stereocenters. The maximum Gasteiger partial charge on any atom is 0.249 e. The number of hydrogen-bond donors (Lipinski definition) is 1. The van der Waals surface area contributed by atoms with E-state index in [0.717, 1.165) is 18.4 Å². The first-order valence-electron chi connectivity index (χ1n) is 9.62. The number of anilines is 1. The minimum Gasteiger partial charge on any atom is -0.368 e. The summed E-state index contributed by atoms with van der Waals surface area (Å²) in [6.07, 6.45) is 3.87. The molecule has 3 heterocycles. The average Bonchev–Trinajstić information content (AvgIpc) is 3.06. The van der Waals surface area contributed by atoms with Crippen LogP contribution in [0.5, 0.6) is 0 Å². The highest BCUT2D eigenvalue weighted by Gasteiger charge is 2.39. The van der Waals surface area contributed by atoms with Crippen LogP contribution < -0.4 is 5.73 Å². The van der Waals surface area contributed by atoms with Crippen molar-refractivity contribution in [3.63, 3.8) is 0 Å². The van der Waals surface area contributed by atoms with Gasteiger partial charge in [0.25, 0.3) is 0 Å². The third-order valence-corrected chi connectivity index (χ3v) is 7.66. The van der Waals surface area contributed by atoms with E-state index in [-0.39, 0.29) is 16.6 Å². The molecular formula is C20H22ClN5O3S. The Kier molecular flexibility index (Phi) is 5.52. The van der Waals surface area contributed by atoms with Crippen LogP contribution in [0.15, 0.2) is 39.9 Å². The lowest BCUT2D eigenvalue weighted by Gasteiger charge is -2.35. The standard InChI is InChI=1S/C20H22ClN5O3S/c1-12-19(13(2)29-25-12)30(27,28)26-9-4-3-8-17(26)18-16(11-23-20(22)24-18)14-6-5-7-15(21)10-14/h5-7,10-11,17H,3-4,8-9H2,1-2H3,(H2,22,23,24)/t17-/m0/s1. The van der Waals surface area contributed by atoms with Gasteiger partial charge in [0, 0.05) is 23.3 Å². The molecule has 0 amide bonds. The number of aromatic nitrogens is 3. The van der Waals surface area contributed by atoms with Crippen molar-refractivity contribution in [3.8, 4) is 11.1 Å². The summed E-state index contributed by atoms with van der Waals surface area (Å²) in [6, 6.07) is 6.81. The van der Waals surface area contributed by atoms with Gasteiger partial charge in [0.2, 0.25) is 16.0 Å². The van der Waals surface area contributed by atoms with E-state index in [9.17, 15) is 8.42 Å². The average molecular weight is 448 g/mol. The Bertz CT molecular complexity index is 1180. The number of rotatable bonds is 4. The number of benzene rings is 1. The van der Waals surface area contributed by atoms with E-state index >= 15 is 0 Å². The molecule has 2 N–H and O–H groups in total. The molecule has 0 aliphatic carbocycles. The lowest BCUT2D eigenvalue weighted by atomic mass is 9.95. The van der Waals surface area contributed by atoms with E-state index in [2.05, 4.69) is 15.1 Å². The van der Waals surface area contributed by atoms with Crippen molar-refractivity contribution in [2.75, 3.05) is 12.3 Å². The molecular weight excluding hydrogens is 426 g/mol.